The van der Waals surface area contributed by atoms with Crippen LogP contribution in [0.2, 0.25) is 0 Å². The Labute approximate surface area is 174 Å². The summed E-state index contributed by atoms with van der Waals surface area (Å²) in [7, 11) is 0. The molecule has 3 aromatic rings. The molecule has 1 fully saturated rings. The summed E-state index contributed by atoms with van der Waals surface area (Å²) in [5, 5.41) is 1.15. The predicted molar refractivity (Wildman–Crippen MR) is 115 cm³/mol. The van der Waals surface area contributed by atoms with Gasteiger partial charge in [-0.05, 0) is 49.9 Å². The van der Waals surface area contributed by atoms with Crippen LogP contribution in [0.25, 0.3) is 10.9 Å². The highest BCUT2D eigenvalue weighted by Crippen LogP contribution is 2.22. The predicted octanol–water partition coefficient (Wildman–Crippen LogP) is 3.33. The van der Waals surface area contributed by atoms with Gasteiger partial charge in [0.1, 0.15) is 0 Å². The van der Waals surface area contributed by atoms with Crippen LogP contribution in [0.15, 0.2) is 58.7 Å². The number of carbonyl (C=O) groups is 1. The minimum absolute atomic E-state index is 0.0965. The minimum atomic E-state index is -0.0965. The van der Waals surface area contributed by atoms with Crippen LogP contribution in [0.3, 0.4) is 0 Å². The lowest BCUT2D eigenvalue weighted by atomic mass is 10.0. The second-order valence-corrected chi connectivity index (χ2v) is 8.33. The third-order valence-corrected chi connectivity index (χ3v) is 6.30. The fourth-order valence-electron chi connectivity index (χ4n) is 3.75. The van der Waals surface area contributed by atoms with Gasteiger partial charge in [0.25, 0.3) is 5.56 Å². The molecule has 0 bridgehead atoms. The maximum Gasteiger partial charge on any atom is 0.262 e. The summed E-state index contributed by atoms with van der Waals surface area (Å²) in [6, 6.07) is 11.4. The number of carbonyl (C=O) groups excluding carboxylic acids is 1. The molecule has 0 unspecified atom stereocenters. The molecule has 0 saturated carbocycles. The number of amides is 1. The molecular formula is C22H24N4O2S. The van der Waals surface area contributed by atoms with E-state index in [1.54, 1.807) is 23.0 Å². The van der Waals surface area contributed by atoms with Crippen molar-refractivity contribution in [2.75, 3.05) is 12.3 Å². The second-order valence-electron chi connectivity index (χ2n) is 7.38. The molecule has 4 rings (SSSR count). The van der Waals surface area contributed by atoms with Gasteiger partial charge in [0, 0.05) is 25.0 Å². The number of aromatic nitrogens is 3. The zero-order valence-corrected chi connectivity index (χ0v) is 17.3. The number of piperidine rings is 1. The Morgan fingerprint density at radius 2 is 2.07 bits per heavy atom. The highest BCUT2D eigenvalue weighted by molar-refractivity contribution is 7.99. The first-order valence-corrected chi connectivity index (χ1v) is 10.9. The van der Waals surface area contributed by atoms with Gasteiger partial charge >= 0.3 is 0 Å². The molecule has 1 atom stereocenters. The molecule has 0 spiro atoms. The summed E-state index contributed by atoms with van der Waals surface area (Å²) in [4.78, 5) is 36.7. The third kappa shape index (κ3) is 4.34. The molecule has 1 amide bonds. The van der Waals surface area contributed by atoms with Gasteiger partial charge < -0.3 is 4.90 Å². The maximum atomic E-state index is 13.1. The minimum Gasteiger partial charge on any atom is -0.339 e. The number of pyridine rings is 1. The Kier molecular flexibility index (Phi) is 5.94. The summed E-state index contributed by atoms with van der Waals surface area (Å²) >= 11 is 1.34. The van der Waals surface area contributed by atoms with Crippen molar-refractivity contribution in [3.05, 3.63) is 64.7 Å². The van der Waals surface area contributed by atoms with Crippen LogP contribution in [0.1, 0.15) is 31.7 Å². The van der Waals surface area contributed by atoms with Gasteiger partial charge in [-0.25, -0.2) is 4.98 Å². The summed E-state index contributed by atoms with van der Waals surface area (Å²) in [5.74, 6) is 0.389. The molecule has 29 heavy (non-hydrogen) atoms. The van der Waals surface area contributed by atoms with Crippen LogP contribution < -0.4 is 5.56 Å². The number of hydrogen-bond donors (Lipinski definition) is 0. The molecule has 6 nitrogen and oxygen atoms in total. The normalized spacial score (nSPS) is 16.9. The Bertz CT molecular complexity index is 1070. The number of benzene rings is 1. The van der Waals surface area contributed by atoms with E-state index in [-0.39, 0.29) is 23.3 Å². The van der Waals surface area contributed by atoms with Gasteiger partial charge in [0.2, 0.25) is 5.91 Å². The van der Waals surface area contributed by atoms with E-state index in [1.165, 1.54) is 18.2 Å². The van der Waals surface area contributed by atoms with E-state index in [0.29, 0.717) is 22.6 Å². The smallest absolute Gasteiger partial charge is 0.262 e. The molecule has 0 radical (unpaired) electrons. The first kappa shape index (κ1) is 19.6. The molecule has 3 heterocycles. The Balaban J connectivity index is 1.64. The molecule has 7 heteroatoms. The van der Waals surface area contributed by atoms with Gasteiger partial charge in [-0.15, -0.1) is 0 Å². The van der Waals surface area contributed by atoms with E-state index in [9.17, 15) is 9.59 Å². The van der Waals surface area contributed by atoms with Gasteiger partial charge in [-0.3, -0.25) is 19.1 Å². The average molecular weight is 409 g/mol. The van der Waals surface area contributed by atoms with E-state index in [2.05, 4.69) is 11.9 Å². The van der Waals surface area contributed by atoms with Gasteiger partial charge in [0.05, 0.1) is 23.2 Å². The van der Waals surface area contributed by atoms with Crippen molar-refractivity contribution in [1.82, 2.24) is 19.4 Å². The monoisotopic (exact) mass is 408 g/mol. The largest absolute Gasteiger partial charge is 0.339 e. The average Bonchev–Trinajstić information content (AvgIpc) is 2.75. The quantitative estimate of drug-likeness (QED) is 0.478. The molecule has 2 aromatic heterocycles. The molecule has 1 aromatic carbocycles. The molecule has 0 N–H and O–H groups in total. The second kappa shape index (κ2) is 8.78. The van der Waals surface area contributed by atoms with Crippen molar-refractivity contribution >= 4 is 28.6 Å². The molecule has 150 valence electrons. The topological polar surface area (TPSA) is 68.1 Å². The van der Waals surface area contributed by atoms with Crippen molar-refractivity contribution in [3.8, 4) is 0 Å². The van der Waals surface area contributed by atoms with Crippen molar-refractivity contribution in [1.29, 1.82) is 0 Å². The Hall–Kier alpha value is -2.67. The lowest BCUT2D eigenvalue weighted by Gasteiger charge is -2.33. The summed E-state index contributed by atoms with van der Waals surface area (Å²) in [6.45, 7) is 3.30. The van der Waals surface area contributed by atoms with E-state index in [0.717, 1.165) is 24.9 Å². The SMILES string of the molecule is C[C@H]1CCCCN1C(=O)CSc1nc2ccccc2c(=O)n1Cc1cccnc1. The van der Waals surface area contributed by atoms with E-state index < -0.39 is 0 Å². The van der Waals surface area contributed by atoms with E-state index in [1.807, 2.05) is 35.2 Å². The van der Waals surface area contributed by atoms with Gasteiger partial charge in [-0.1, -0.05) is 30.0 Å². The molecule has 1 aliphatic rings. The van der Waals surface area contributed by atoms with Crippen LogP contribution in [-0.2, 0) is 11.3 Å². The van der Waals surface area contributed by atoms with Crippen molar-refractivity contribution in [2.24, 2.45) is 0 Å². The summed E-state index contributed by atoms with van der Waals surface area (Å²) in [6.07, 6.45) is 6.74. The van der Waals surface area contributed by atoms with Crippen LogP contribution >= 0.6 is 11.8 Å². The third-order valence-electron chi connectivity index (χ3n) is 5.34. The number of para-hydroxylation sites is 1. The maximum absolute atomic E-state index is 13.1. The van der Waals surface area contributed by atoms with E-state index in [4.69, 9.17) is 4.98 Å². The first-order chi connectivity index (χ1) is 14.1. The number of likely N-dealkylation sites (tertiary alicyclic amines) is 1. The highest BCUT2D eigenvalue weighted by atomic mass is 32.2. The fraction of sp³-hybridized carbons (Fsp3) is 0.364. The number of rotatable bonds is 5. The summed E-state index contributed by atoms with van der Waals surface area (Å²) < 4.78 is 1.65. The molecule has 1 aliphatic heterocycles. The van der Waals surface area contributed by atoms with Gasteiger partial charge in [-0.2, -0.15) is 0 Å². The van der Waals surface area contributed by atoms with Crippen LogP contribution in [-0.4, -0.2) is 43.7 Å². The molecule has 0 aliphatic carbocycles. The molecule has 1 saturated heterocycles. The van der Waals surface area contributed by atoms with Crippen molar-refractivity contribution in [2.45, 2.75) is 43.9 Å². The van der Waals surface area contributed by atoms with Crippen LogP contribution in [0.5, 0.6) is 0 Å². The highest BCUT2D eigenvalue weighted by Gasteiger charge is 2.23. The number of hydrogen-bond acceptors (Lipinski definition) is 5. The van der Waals surface area contributed by atoms with Gasteiger partial charge in [0.15, 0.2) is 5.16 Å². The van der Waals surface area contributed by atoms with Crippen molar-refractivity contribution < 1.29 is 4.79 Å². The van der Waals surface area contributed by atoms with Crippen molar-refractivity contribution in [3.63, 3.8) is 0 Å². The molecular weight excluding hydrogens is 384 g/mol. The number of fused-ring (bicyclic) bond motifs is 1. The first-order valence-electron chi connectivity index (χ1n) is 9.94. The van der Waals surface area contributed by atoms with E-state index >= 15 is 0 Å². The lowest BCUT2D eigenvalue weighted by molar-refractivity contribution is -0.131. The number of nitrogens with zero attached hydrogens (tertiary/aromatic N) is 4. The fourth-order valence-corrected chi connectivity index (χ4v) is 4.63. The zero-order valence-electron chi connectivity index (χ0n) is 16.5. The van der Waals surface area contributed by atoms with Crippen LogP contribution in [0.4, 0.5) is 0 Å². The lowest BCUT2D eigenvalue weighted by Crippen LogP contribution is -2.43. The Morgan fingerprint density at radius 3 is 2.86 bits per heavy atom. The standard InChI is InChI=1S/C22H24N4O2S/c1-16-7-4-5-12-25(16)20(27)15-29-22-24-19-10-3-2-9-18(19)21(28)26(22)14-17-8-6-11-23-13-17/h2-3,6,8-11,13,16H,4-5,7,12,14-15H2,1H3/t16-/m0/s1. The summed E-state index contributed by atoms with van der Waals surface area (Å²) in [5.41, 5.74) is 1.48. The number of thioether (sulfide) groups is 1. The zero-order chi connectivity index (χ0) is 20.2. The Morgan fingerprint density at radius 1 is 1.21 bits per heavy atom. The van der Waals surface area contributed by atoms with Crippen LogP contribution in [0, 0.1) is 0 Å².